The average Bonchev–Trinajstić information content (AvgIpc) is 2.49. The second-order valence-corrected chi connectivity index (χ2v) is 7.46. The molecule has 2 rings (SSSR count). The average molecular weight is 323 g/mol. The predicted octanol–water partition coefficient (Wildman–Crippen LogP) is 2.92. The van der Waals surface area contributed by atoms with Crippen LogP contribution in [0.1, 0.15) is 31.2 Å². The van der Waals surface area contributed by atoms with Crippen molar-refractivity contribution in [2.24, 2.45) is 0 Å². The molecule has 4 nitrogen and oxygen atoms in total. The Kier molecular flexibility index (Phi) is 6.61. The first-order valence-corrected chi connectivity index (χ1v) is 9.53. The van der Waals surface area contributed by atoms with E-state index in [1.54, 1.807) is 0 Å². The molecule has 122 valence electrons. The minimum atomic E-state index is -3.82. The normalized spacial score (nSPS) is 16.5. The Morgan fingerprint density at radius 1 is 1.09 bits per heavy atom. The van der Waals surface area contributed by atoms with Crippen molar-refractivity contribution in [2.75, 3.05) is 25.4 Å². The van der Waals surface area contributed by atoms with Crippen LogP contribution < -0.4 is 0 Å². The molecule has 1 aliphatic rings. The molecule has 0 radical (unpaired) electrons. The van der Waals surface area contributed by atoms with Crippen molar-refractivity contribution in [3.63, 3.8) is 0 Å². The lowest BCUT2D eigenvalue weighted by atomic mass is 9.99. The van der Waals surface area contributed by atoms with Crippen LogP contribution in [0.15, 0.2) is 42.0 Å². The fourth-order valence-electron chi connectivity index (χ4n) is 2.82. The zero-order valence-corrected chi connectivity index (χ0v) is 13.8. The van der Waals surface area contributed by atoms with E-state index in [-0.39, 0.29) is 5.75 Å². The van der Waals surface area contributed by atoms with Gasteiger partial charge >= 0.3 is 0 Å². The smallest absolute Gasteiger partial charge is 0.264 e. The van der Waals surface area contributed by atoms with E-state index in [0.29, 0.717) is 6.42 Å². The number of nitrogens with zero attached hydrogens (tertiary/aromatic N) is 1. The molecule has 5 heteroatoms. The molecule has 1 aromatic carbocycles. The lowest BCUT2D eigenvalue weighted by Crippen LogP contribution is -2.30. The van der Waals surface area contributed by atoms with E-state index in [9.17, 15) is 8.42 Å². The van der Waals surface area contributed by atoms with E-state index >= 15 is 0 Å². The van der Waals surface area contributed by atoms with Gasteiger partial charge in [0.2, 0.25) is 0 Å². The van der Waals surface area contributed by atoms with Crippen LogP contribution in [0.2, 0.25) is 0 Å². The summed E-state index contributed by atoms with van der Waals surface area (Å²) in [7, 11) is -3.82. The van der Waals surface area contributed by atoms with E-state index < -0.39 is 10.1 Å². The fourth-order valence-corrected chi connectivity index (χ4v) is 3.31. The first-order chi connectivity index (χ1) is 10.5. The van der Waals surface area contributed by atoms with Gasteiger partial charge in [-0.1, -0.05) is 42.0 Å². The van der Waals surface area contributed by atoms with Gasteiger partial charge in [-0.2, -0.15) is 8.42 Å². The van der Waals surface area contributed by atoms with E-state index in [1.165, 1.54) is 17.6 Å². The maximum absolute atomic E-state index is 10.7. The summed E-state index contributed by atoms with van der Waals surface area (Å²) < 4.78 is 30.1. The highest BCUT2D eigenvalue weighted by Gasteiger charge is 2.12. The first-order valence-electron chi connectivity index (χ1n) is 7.92. The Labute approximate surface area is 133 Å². The first kappa shape index (κ1) is 17.2. The molecule has 0 atom stereocenters. The molecule has 0 aromatic heterocycles. The van der Waals surface area contributed by atoms with Crippen molar-refractivity contribution in [3.8, 4) is 0 Å². The van der Waals surface area contributed by atoms with E-state index in [4.69, 9.17) is 4.55 Å². The summed E-state index contributed by atoms with van der Waals surface area (Å²) in [4.78, 5) is 2.24. The molecular formula is C17H25NO3S. The molecule has 22 heavy (non-hydrogen) atoms. The van der Waals surface area contributed by atoms with Crippen LogP contribution in [-0.2, 0) is 16.5 Å². The molecule has 0 fully saturated rings. The Balaban J connectivity index is 1.64. The number of hydrogen-bond donors (Lipinski definition) is 1. The molecule has 0 unspecified atom stereocenters. The van der Waals surface area contributed by atoms with Crippen molar-refractivity contribution >= 4 is 10.1 Å². The van der Waals surface area contributed by atoms with Gasteiger partial charge in [0, 0.05) is 13.1 Å². The zero-order chi connectivity index (χ0) is 15.8. The summed E-state index contributed by atoms with van der Waals surface area (Å²) in [5.74, 6) is -0.142. The quantitative estimate of drug-likeness (QED) is 0.590. The predicted molar refractivity (Wildman–Crippen MR) is 89.6 cm³/mol. The fraction of sp³-hybridized carbons (Fsp3) is 0.529. The summed E-state index contributed by atoms with van der Waals surface area (Å²) in [5, 5.41) is 0. The molecule has 1 N–H and O–H groups in total. The Hall–Kier alpha value is -1.17. The zero-order valence-electron chi connectivity index (χ0n) is 12.9. The topological polar surface area (TPSA) is 57.6 Å². The summed E-state index contributed by atoms with van der Waals surface area (Å²) in [5.41, 5.74) is 2.91. The van der Waals surface area contributed by atoms with Crippen LogP contribution in [0.25, 0.3) is 0 Å². The van der Waals surface area contributed by atoms with Gasteiger partial charge < -0.3 is 0 Å². The highest BCUT2D eigenvalue weighted by atomic mass is 32.2. The van der Waals surface area contributed by atoms with Gasteiger partial charge in [0.25, 0.3) is 10.1 Å². The van der Waals surface area contributed by atoms with Crippen LogP contribution in [0.3, 0.4) is 0 Å². The minimum Gasteiger partial charge on any atom is -0.299 e. The van der Waals surface area contributed by atoms with E-state index in [0.717, 1.165) is 38.9 Å². The lowest BCUT2D eigenvalue weighted by molar-refractivity contribution is 0.292. The number of aryl methyl sites for hydroxylation is 1. The van der Waals surface area contributed by atoms with Crippen molar-refractivity contribution in [1.82, 2.24) is 4.90 Å². The Morgan fingerprint density at radius 2 is 1.86 bits per heavy atom. The van der Waals surface area contributed by atoms with Crippen LogP contribution in [0.4, 0.5) is 0 Å². The molecule has 0 saturated carbocycles. The molecule has 0 saturated heterocycles. The summed E-state index contributed by atoms with van der Waals surface area (Å²) in [6, 6.07) is 10.6. The molecule has 1 aromatic rings. The highest BCUT2D eigenvalue weighted by molar-refractivity contribution is 7.85. The third kappa shape index (κ3) is 6.73. The maximum atomic E-state index is 10.7. The Bertz CT molecular complexity index is 581. The van der Waals surface area contributed by atoms with Crippen LogP contribution in [0.5, 0.6) is 0 Å². The summed E-state index contributed by atoms with van der Waals surface area (Å²) >= 11 is 0. The molecule has 1 aliphatic heterocycles. The second-order valence-electron chi connectivity index (χ2n) is 5.89. The number of hydrogen-bond acceptors (Lipinski definition) is 3. The monoisotopic (exact) mass is 323 g/mol. The van der Waals surface area contributed by atoms with Gasteiger partial charge in [-0.05, 0) is 44.2 Å². The molecular weight excluding hydrogens is 298 g/mol. The van der Waals surface area contributed by atoms with Crippen LogP contribution >= 0.6 is 0 Å². The van der Waals surface area contributed by atoms with Gasteiger partial charge in [-0.3, -0.25) is 9.45 Å². The summed E-state index contributed by atoms with van der Waals surface area (Å²) in [6.07, 6.45) is 7.29. The van der Waals surface area contributed by atoms with E-state index in [1.807, 2.05) is 6.07 Å². The largest absolute Gasteiger partial charge is 0.299 e. The number of rotatable bonds is 8. The van der Waals surface area contributed by atoms with Gasteiger partial charge in [0.15, 0.2) is 0 Å². The third-order valence-corrected chi connectivity index (χ3v) is 4.87. The third-order valence-electron chi connectivity index (χ3n) is 4.07. The molecule has 0 bridgehead atoms. The van der Waals surface area contributed by atoms with Crippen molar-refractivity contribution in [2.45, 2.75) is 32.1 Å². The summed E-state index contributed by atoms with van der Waals surface area (Å²) in [6.45, 7) is 2.61. The maximum Gasteiger partial charge on any atom is 0.264 e. The van der Waals surface area contributed by atoms with Crippen LogP contribution in [0, 0.1) is 0 Å². The van der Waals surface area contributed by atoms with Gasteiger partial charge in [0.1, 0.15) is 0 Å². The van der Waals surface area contributed by atoms with Crippen molar-refractivity contribution in [1.29, 1.82) is 0 Å². The standard InChI is InChI=1S/C17H25NO3S/c19-22(20,21)15-5-12-18-13-10-17(11-14-18)9-4-8-16-6-2-1-3-7-16/h1-3,6-7,10H,4-5,8-9,11-15H2,(H,19,20,21). The molecule has 0 amide bonds. The van der Waals surface area contributed by atoms with E-state index in [2.05, 4.69) is 35.2 Å². The Morgan fingerprint density at radius 3 is 2.50 bits per heavy atom. The van der Waals surface area contributed by atoms with Crippen LogP contribution in [-0.4, -0.2) is 43.3 Å². The molecule has 0 spiro atoms. The second kappa shape index (κ2) is 8.46. The van der Waals surface area contributed by atoms with Gasteiger partial charge in [-0.15, -0.1) is 0 Å². The van der Waals surface area contributed by atoms with Crippen molar-refractivity contribution in [3.05, 3.63) is 47.5 Å². The van der Waals surface area contributed by atoms with Gasteiger partial charge in [-0.25, -0.2) is 0 Å². The number of benzene rings is 1. The van der Waals surface area contributed by atoms with Gasteiger partial charge in [0.05, 0.1) is 5.75 Å². The molecule has 1 heterocycles. The lowest BCUT2D eigenvalue weighted by Gasteiger charge is -2.26. The highest BCUT2D eigenvalue weighted by Crippen LogP contribution is 2.17. The SMILES string of the molecule is O=S(=O)(O)CCCN1CC=C(CCCc2ccccc2)CC1. The molecule has 0 aliphatic carbocycles. The minimum absolute atomic E-state index is 0.142. The van der Waals surface area contributed by atoms with Crippen molar-refractivity contribution < 1.29 is 13.0 Å².